The van der Waals surface area contributed by atoms with E-state index in [1.54, 1.807) is 18.2 Å². The van der Waals surface area contributed by atoms with Crippen LogP contribution in [-0.2, 0) is 21.4 Å². The zero-order valence-electron chi connectivity index (χ0n) is 22.2. The summed E-state index contributed by atoms with van der Waals surface area (Å²) in [5.41, 5.74) is 3.34. The number of ketones is 1. The van der Waals surface area contributed by atoms with Crippen molar-refractivity contribution in [1.82, 2.24) is 0 Å². The van der Waals surface area contributed by atoms with Crippen molar-refractivity contribution in [3.8, 4) is 11.5 Å². The summed E-state index contributed by atoms with van der Waals surface area (Å²) in [5.74, 6) is -0.859. The smallest absolute Gasteiger partial charge is 0.300 e. The molecule has 192 valence electrons. The lowest BCUT2D eigenvalue weighted by atomic mass is 9.85. The molecule has 1 N–H and O–H groups in total. The molecule has 1 aliphatic rings. The predicted octanol–water partition coefficient (Wildman–Crippen LogP) is 6.19. The zero-order chi connectivity index (χ0) is 26.9. The van der Waals surface area contributed by atoms with Gasteiger partial charge in [0.1, 0.15) is 17.3 Å². The van der Waals surface area contributed by atoms with Crippen LogP contribution in [-0.4, -0.2) is 31.0 Å². The number of carbonyl (C=O) groups excluding carboxylic acids is 2. The Bertz CT molecular complexity index is 1370. The number of amides is 1. The molecular formula is C31H33NO5. The van der Waals surface area contributed by atoms with E-state index < -0.39 is 17.7 Å². The highest BCUT2D eigenvalue weighted by atomic mass is 16.5. The number of carbonyl (C=O) groups is 2. The number of hydrogen-bond donors (Lipinski definition) is 1. The number of aryl methyl sites for hydroxylation is 1. The van der Waals surface area contributed by atoms with Crippen molar-refractivity contribution in [2.24, 2.45) is 0 Å². The molecule has 0 aromatic heterocycles. The van der Waals surface area contributed by atoms with E-state index >= 15 is 0 Å². The molecule has 3 aromatic carbocycles. The summed E-state index contributed by atoms with van der Waals surface area (Å²) in [6.45, 7) is 8.24. The molecule has 1 saturated heterocycles. The number of para-hydroxylation sites is 1. The summed E-state index contributed by atoms with van der Waals surface area (Å²) in [5, 5.41) is 11.7. The molecule has 0 radical (unpaired) electrons. The summed E-state index contributed by atoms with van der Waals surface area (Å²) in [7, 11) is 3.05. The van der Waals surface area contributed by atoms with Gasteiger partial charge in [-0.1, -0.05) is 64.1 Å². The van der Waals surface area contributed by atoms with E-state index in [0.717, 1.165) is 17.5 Å². The molecule has 1 atom stereocenters. The minimum Gasteiger partial charge on any atom is -0.507 e. The molecular weight excluding hydrogens is 466 g/mol. The summed E-state index contributed by atoms with van der Waals surface area (Å²) in [4.78, 5) is 28.6. The normalized spacial score (nSPS) is 17.2. The standard InChI is InChI=1S/C31H33NO5/c1-7-19-12-15-21(16-13-19)32-27(22-10-8-9-11-24(22)36-5)26(29(34)30(32)35)28(33)23-18-20(31(2,3)4)14-17-25(23)37-6/h8-18,27,33H,7H2,1-6H3/b28-26+. The second-order valence-electron chi connectivity index (χ2n) is 10.1. The first kappa shape index (κ1) is 26.0. The first-order valence-corrected chi connectivity index (χ1v) is 12.3. The Balaban J connectivity index is 2.01. The van der Waals surface area contributed by atoms with Crippen LogP contribution in [0.1, 0.15) is 56.0 Å². The molecule has 0 bridgehead atoms. The van der Waals surface area contributed by atoms with Crippen molar-refractivity contribution in [3.05, 3.63) is 94.6 Å². The van der Waals surface area contributed by atoms with E-state index in [2.05, 4.69) is 27.7 Å². The molecule has 1 aliphatic heterocycles. The van der Waals surface area contributed by atoms with Gasteiger partial charge in [-0.3, -0.25) is 14.5 Å². The van der Waals surface area contributed by atoms with Gasteiger partial charge in [-0.25, -0.2) is 0 Å². The van der Waals surface area contributed by atoms with Gasteiger partial charge < -0.3 is 14.6 Å². The number of nitrogens with zero attached hydrogens (tertiary/aromatic N) is 1. The Kier molecular flexibility index (Phi) is 7.12. The maximum atomic E-state index is 13.6. The number of Topliss-reactive ketones (excluding diaryl/α,β-unsaturated/α-hetero) is 1. The Morgan fingerprint density at radius 3 is 2.16 bits per heavy atom. The van der Waals surface area contributed by atoms with Gasteiger partial charge in [0.05, 0.1) is 31.4 Å². The second-order valence-corrected chi connectivity index (χ2v) is 10.1. The van der Waals surface area contributed by atoms with Crippen LogP contribution >= 0.6 is 0 Å². The van der Waals surface area contributed by atoms with Gasteiger partial charge in [0.25, 0.3) is 11.7 Å². The third kappa shape index (κ3) is 4.71. The second kappa shape index (κ2) is 10.1. The first-order valence-electron chi connectivity index (χ1n) is 12.3. The minimum atomic E-state index is -0.897. The van der Waals surface area contributed by atoms with E-state index in [1.165, 1.54) is 19.1 Å². The molecule has 1 fully saturated rings. The molecule has 0 saturated carbocycles. The van der Waals surface area contributed by atoms with E-state index in [4.69, 9.17) is 9.47 Å². The number of anilines is 1. The number of benzene rings is 3. The molecule has 3 aromatic rings. The number of aliphatic hydroxyl groups excluding tert-OH is 1. The van der Waals surface area contributed by atoms with Crippen molar-refractivity contribution in [2.45, 2.75) is 45.6 Å². The third-order valence-electron chi connectivity index (χ3n) is 6.82. The highest BCUT2D eigenvalue weighted by molar-refractivity contribution is 6.51. The molecule has 0 aliphatic carbocycles. The van der Waals surface area contributed by atoms with Crippen LogP contribution in [0, 0.1) is 0 Å². The lowest BCUT2D eigenvalue weighted by Gasteiger charge is -2.27. The van der Waals surface area contributed by atoms with Crippen LogP contribution in [0.15, 0.2) is 72.3 Å². The Morgan fingerprint density at radius 1 is 0.919 bits per heavy atom. The van der Waals surface area contributed by atoms with Crippen molar-refractivity contribution in [3.63, 3.8) is 0 Å². The van der Waals surface area contributed by atoms with E-state index in [0.29, 0.717) is 28.3 Å². The lowest BCUT2D eigenvalue weighted by Crippen LogP contribution is -2.29. The molecule has 1 unspecified atom stereocenters. The van der Waals surface area contributed by atoms with Crippen LogP contribution in [0.5, 0.6) is 11.5 Å². The van der Waals surface area contributed by atoms with Crippen LogP contribution in [0.3, 0.4) is 0 Å². The van der Waals surface area contributed by atoms with Gasteiger partial charge in [-0.05, 0) is 53.3 Å². The van der Waals surface area contributed by atoms with E-state index in [1.807, 2.05) is 48.5 Å². The number of ether oxygens (including phenoxy) is 2. The maximum absolute atomic E-state index is 13.6. The Labute approximate surface area is 218 Å². The monoisotopic (exact) mass is 499 g/mol. The van der Waals surface area contributed by atoms with Gasteiger partial charge in [0.15, 0.2) is 0 Å². The van der Waals surface area contributed by atoms with Gasteiger partial charge in [-0.15, -0.1) is 0 Å². The van der Waals surface area contributed by atoms with Crippen molar-refractivity contribution in [1.29, 1.82) is 0 Å². The SMILES string of the molecule is CCc1ccc(N2C(=O)C(=O)/C(=C(/O)c3cc(C(C)(C)C)ccc3OC)C2c2ccccc2OC)cc1. The van der Waals surface area contributed by atoms with Gasteiger partial charge in [0, 0.05) is 11.3 Å². The lowest BCUT2D eigenvalue weighted by molar-refractivity contribution is -0.132. The largest absolute Gasteiger partial charge is 0.507 e. The summed E-state index contributed by atoms with van der Waals surface area (Å²) in [6, 6.07) is 19.4. The maximum Gasteiger partial charge on any atom is 0.300 e. The van der Waals surface area contributed by atoms with Crippen LogP contribution in [0.4, 0.5) is 5.69 Å². The molecule has 1 amide bonds. The van der Waals surface area contributed by atoms with E-state index in [-0.39, 0.29) is 16.7 Å². The topological polar surface area (TPSA) is 76.1 Å². The quantitative estimate of drug-likeness (QED) is 0.249. The Hall–Kier alpha value is -4.06. The van der Waals surface area contributed by atoms with Crippen molar-refractivity contribution in [2.75, 3.05) is 19.1 Å². The van der Waals surface area contributed by atoms with Crippen molar-refractivity contribution < 1.29 is 24.2 Å². The molecule has 0 spiro atoms. The molecule has 6 heteroatoms. The fourth-order valence-electron chi connectivity index (χ4n) is 4.68. The average Bonchev–Trinajstić information content (AvgIpc) is 3.17. The summed E-state index contributed by atoms with van der Waals surface area (Å²) < 4.78 is 11.2. The minimum absolute atomic E-state index is 0.0153. The van der Waals surface area contributed by atoms with Gasteiger partial charge in [-0.2, -0.15) is 0 Å². The van der Waals surface area contributed by atoms with Crippen molar-refractivity contribution >= 4 is 23.1 Å². The number of rotatable bonds is 6. The zero-order valence-corrected chi connectivity index (χ0v) is 22.2. The summed E-state index contributed by atoms with van der Waals surface area (Å²) in [6.07, 6.45) is 0.846. The molecule has 4 rings (SSSR count). The molecule has 1 heterocycles. The highest BCUT2D eigenvalue weighted by Crippen LogP contribution is 2.46. The number of aliphatic hydroxyl groups is 1. The number of hydrogen-bond acceptors (Lipinski definition) is 5. The fourth-order valence-corrected chi connectivity index (χ4v) is 4.68. The summed E-state index contributed by atoms with van der Waals surface area (Å²) >= 11 is 0. The number of methoxy groups -OCH3 is 2. The first-order chi connectivity index (χ1) is 17.6. The highest BCUT2D eigenvalue weighted by Gasteiger charge is 2.48. The molecule has 6 nitrogen and oxygen atoms in total. The fraction of sp³-hybridized carbons (Fsp3) is 0.290. The van der Waals surface area contributed by atoms with Gasteiger partial charge >= 0.3 is 0 Å². The average molecular weight is 500 g/mol. The predicted molar refractivity (Wildman–Crippen MR) is 145 cm³/mol. The van der Waals surface area contributed by atoms with Crippen LogP contribution in [0.2, 0.25) is 0 Å². The van der Waals surface area contributed by atoms with Gasteiger partial charge in [0.2, 0.25) is 0 Å². The Morgan fingerprint density at radius 2 is 1.57 bits per heavy atom. The van der Waals surface area contributed by atoms with Crippen LogP contribution in [0.25, 0.3) is 5.76 Å². The third-order valence-corrected chi connectivity index (χ3v) is 6.82. The van der Waals surface area contributed by atoms with Crippen LogP contribution < -0.4 is 14.4 Å². The van der Waals surface area contributed by atoms with E-state index in [9.17, 15) is 14.7 Å². The molecule has 37 heavy (non-hydrogen) atoms.